The minimum atomic E-state index is -3.40. The zero-order valence-electron chi connectivity index (χ0n) is 17.9. The van der Waals surface area contributed by atoms with Crippen molar-refractivity contribution < 1.29 is 22.3 Å². The van der Waals surface area contributed by atoms with Crippen LogP contribution in [0.5, 0.6) is 5.75 Å². The molecular weight excluding hydrogens is 421 g/mol. The monoisotopic (exact) mass is 449 g/mol. The Morgan fingerprint density at radius 3 is 2.23 bits per heavy atom. The van der Waals surface area contributed by atoms with Crippen molar-refractivity contribution in [3.8, 4) is 5.75 Å². The third-order valence-corrected chi connectivity index (χ3v) is 7.27. The highest BCUT2D eigenvalue weighted by atomic mass is 32.2. The quantitative estimate of drug-likeness (QED) is 0.705. The lowest BCUT2D eigenvalue weighted by Crippen LogP contribution is -2.46. The first-order chi connectivity index (χ1) is 14.7. The van der Waals surface area contributed by atoms with Gasteiger partial charge in [0, 0.05) is 32.7 Å². The highest BCUT2D eigenvalue weighted by molar-refractivity contribution is 7.86. The molecule has 0 spiro atoms. The fraction of sp³-hybridized carbons (Fsp3) is 0.409. The van der Waals surface area contributed by atoms with Crippen molar-refractivity contribution in [1.29, 1.82) is 0 Å². The second-order valence-corrected chi connectivity index (χ2v) is 9.92. The number of nitrogens with zero attached hydrogens (tertiary/aromatic N) is 2. The molecule has 0 bridgehead atoms. The minimum Gasteiger partial charge on any atom is -0.490 e. The van der Waals surface area contributed by atoms with Gasteiger partial charge in [-0.3, -0.25) is 4.79 Å². The van der Waals surface area contributed by atoms with E-state index < -0.39 is 10.2 Å². The van der Waals surface area contributed by atoms with Crippen LogP contribution in [0.4, 0.5) is 4.39 Å². The number of hydrogen-bond donors (Lipinski definition) is 1. The van der Waals surface area contributed by atoms with Crippen molar-refractivity contribution >= 4 is 16.1 Å². The highest BCUT2D eigenvalue weighted by Crippen LogP contribution is 2.22. The molecule has 0 radical (unpaired) electrons. The van der Waals surface area contributed by atoms with Crippen LogP contribution >= 0.6 is 0 Å². The summed E-state index contributed by atoms with van der Waals surface area (Å²) < 4.78 is 46.1. The molecule has 2 aromatic carbocycles. The SMILES string of the molecule is CC(NC(=O)c1ccc(OC2CCN(S(=O)(=O)N(C)C)CC2)cc1)c1ccc(F)cc1. The number of halogens is 1. The summed E-state index contributed by atoms with van der Waals surface area (Å²) >= 11 is 0. The number of nitrogens with one attached hydrogen (secondary N) is 1. The van der Waals surface area contributed by atoms with Crippen molar-refractivity contribution in [2.24, 2.45) is 0 Å². The lowest BCUT2D eigenvalue weighted by atomic mass is 10.1. The Kier molecular flexibility index (Phi) is 7.30. The molecule has 1 heterocycles. The average Bonchev–Trinajstić information content (AvgIpc) is 2.75. The number of carbonyl (C=O) groups is 1. The number of ether oxygens (including phenoxy) is 1. The number of benzene rings is 2. The minimum absolute atomic E-state index is 0.0770. The van der Waals surface area contributed by atoms with E-state index >= 15 is 0 Å². The lowest BCUT2D eigenvalue weighted by Gasteiger charge is -2.32. The maximum absolute atomic E-state index is 13.1. The van der Waals surface area contributed by atoms with Gasteiger partial charge in [-0.2, -0.15) is 17.0 Å². The first-order valence-corrected chi connectivity index (χ1v) is 11.6. The van der Waals surface area contributed by atoms with Crippen molar-refractivity contribution in [2.45, 2.75) is 31.9 Å². The molecule has 1 aliphatic rings. The van der Waals surface area contributed by atoms with E-state index in [1.54, 1.807) is 36.4 Å². The second kappa shape index (κ2) is 9.76. The Morgan fingerprint density at radius 1 is 1.10 bits per heavy atom. The van der Waals surface area contributed by atoms with Crippen molar-refractivity contribution in [2.75, 3.05) is 27.2 Å². The summed E-state index contributed by atoms with van der Waals surface area (Å²) in [6.07, 6.45) is 1.13. The molecule has 9 heteroatoms. The van der Waals surface area contributed by atoms with Crippen molar-refractivity contribution in [1.82, 2.24) is 13.9 Å². The van der Waals surface area contributed by atoms with Crippen LogP contribution in [0.2, 0.25) is 0 Å². The molecule has 0 aliphatic carbocycles. The first-order valence-electron chi connectivity index (χ1n) is 10.2. The number of carbonyl (C=O) groups excluding carboxylic acids is 1. The maximum Gasteiger partial charge on any atom is 0.281 e. The van der Waals surface area contributed by atoms with E-state index in [2.05, 4.69) is 5.32 Å². The summed E-state index contributed by atoms with van der Waals surface area (Å²) in [4.78, 5) is 12.5. The van der Waals surface area contributed by atoms with Gasteiger partial charge >= 0.3 is 0 Å². The van der Waals surface area contributed by atoms with Gasteiger partial charge < -0.3 is 10.1 Å². The highest BCUT2D eigenvalue weighted by Gasteiger charge is 2.30. The molecule has 1 aliphatic heterocycles. The molecule has 1 N–H and O–H groups in total. The summed E-state index contributed by atoms with van der Waals surface area (Å²) in [7, 11) is -0.348. The predicted octanol–water partition coefficient (Wildman–Crippen LogP) is 2.97. The average molecular weight is 450 g/mol. The number of rotatable bonds is 7. The van der Waals surface area contributed by atoms with Gasteiger partial charge in [0.15, 0.2) is 0 Å². The molecule has 31 heavy (non-hydrogen) atoms. The van der Waals surface area contributed by atoms with E-state index in [1.807, 2.05) is 6.92 Å². The fourth-order valence-corrected chi connectivity index (χ4v) is 4.54. The Balaban J connectivity index is 1.52. The van der Waals surface area contributed by atoms with Gasteiger partial charge in [-0.15, -0.1) is 0 Å². The Hall–Kier alpha value is -2.49. The molecule has 1 unspecified atom stereocenters. The summed E-state index contributed by atoms with van der Waals surface area (Å²) in [6.45, 7) is 2.66. The number of hydrogen-bond acceptors (Lipinski definition) is 4. The van der Waals surface area contributed by atoms with Crippen molar-refractivity contribution in [3.63, 3.8) is 0 Å². The third-order valence-electron chi connectivity index (χ3n) is 5.33. The molecule has 1 saturated heterocycles. The van der Waals surface area contributed by atoms with Gasteiger partial charge in [0.25, 0.3) is 16.1 Å². The van der Waals surface area contributed by atoms with Crippen LogP contribution in [0.15, 0.2) is 48.5 Å². The zero-order chi connectivity index (χ0) is 22.6. The van der Waals surface area contributed by atoms with Gasteiger partial charge in [-0.1, -0.05) is 12.1 Å². The van der Waals surface area contributed by atoms with Crippen LogP contribution in [0.25, 0.3) is 0 Å². The van der Waals surface area contributed by atoms with E-state index in [1.165, 1.54) is 34.8 Å². The van der Waals surface area contributed by atoms with Crippen LogP contribution in [0.1, 0.15) is 41.7 Å². The topological polar surface area (TPSA) is 79.0 Å². The third kappa shape index (κ3) is 5.81. The molecule has 2 aromatic rings. The van der Waals surface area contributed by atoms with Crippen LogP contribution in [-0.2, 0) is 10.2 Å². The molecule has 1 fully saturated rings. The largest absolute Gasteiger partial charge is 0.490 e. The zero-order valence-corrected chi connectivity index (χ0v) is 18.7. The van der Waals surface area contributed by atoms with Crippen LogP contribution in [0.3, 0.4) is 0 Å². The number of piperidine rings is 1. The summed E-state index contributed by atoms with van der Waals surface area (Å²) in [5.41, 5.74) is 1.31. The molecule has 3 rings (SSSR count). The van der Waals surface area contributed by atoms with Gasteiger partial charge in [0.2, 0.25) is 0 Å². The van der Waals surface area contributed by atoms with E-state index in [0.717, 1.165) is 5.56 Å². The van der Waals surface area contributed by atoms with Gasteiger partial charge in [0.1, 0.15) is 17.7 Å². The summed E-state index contributed by atoms with van der Waals surface area (Å²) in [5, 5.41) is 2.89. The molecule has 7 nitrogen and oxygen atoms in total. The first kappa shape index (κ1) is 23.2. The molecule has 1 amide bonds. The predicted molar refractivity (Wildman–Crippen MR) is 117 cm³/mol. The van der Waals surface area contributed by atoms with E-state index in [0.29, 0.717) is 37.2 Å². The second-order valence-electron chi connectivity index (χ2n) is 7.78. The van der Waals surface area contributed by atoms with Crippen molar-refractivity contribution in [3.05, 3.63) is 65.5 Å². The van der Waals surface area contributed by atoms with E-state index in [9.17, 15) is 17.6 Å². The lowest BCUT2D eigenvalue weighted by molar-refractivity contribution is 0.0939. The van der Waals surface area contributed by atoms with Gasteiger partial charge in [-0.05, 0) is 61.7 Å². The number of amides is 1. The molecule has 0 saturated carbocycles. The standard InChI is InChI=1S/C22H28FN3O4S/c1-16(17-4-8-19(23)9-5-17)24-22(27)18-6-10-20(11-7-18)30-21-12-14-26(15-13-21)31(28,29)25(2)3/h4-11,16,21H,12-15H2,1-3H3,(H,24,27). The van der Waals surface area contributed by atoms with Crippen LogP contribution < -0.4 is 10.1 Å². The van der Waals surface area contributed by atoms with E-state index in [4.69, 9.17) is 4.74 Å². The normalized spacial score (nSPS) is 16.8. The van der Waals surface area contributed by atoms with E-state index in [-0.39, 0.29) is 23.9 Å². The summed E-state index contributed by atoms with van der Waals surface area (Å²) in [6, 6.07) is 12.6. The molecule has 168 valence electrons. The fourth-order valence-electron chi connectivity index (χ4n) is 3.40. The molecule has 1 atom stereocenters. The molecule has 0 aromatic heterocycles. The van der Waals surface area contributed by atoms with Gasteiger partial charge in [0.05, 0.1) is 6.04 Å². The summed E-state index contributed by atoms with van der Waals surface area (Å²) in [5.74, 6) is 0.0884. The van der Waals surface area contributed by atoms with Crippen LogP contribution in [-0.4, -0.2) is 56.2 Å². The van der Waals surface area contributed by atoms with Crippen LogP contribution in [0, 0.1) is 5.82 Å². The maximum atomic E-state index is 13.1. The smallest absolute Gasteiger partial charge is 0.281 e. The van der Waals surface area contributed by atoms with Gasteiger partial charge in [-0.25, -0.2) is 4.39 Å². The Bertz CT molecular complexity index is 986. The molecular formula is C22H28FN3O4S. The Morgan fingerprint density at radius 2 is 1.68 bits per heavy atom. The Labute approximate surface area is 183 Å².